The average Bonchev–Trinajstić information content (AvgIpc) is 3.87. The second-order valence-corrected chi connectivity index (χ2v) is 20.0. The molecular weight excluding hydrogens is 903 g/mol. The monoisotopic (exact) mass is 943 g/mol. The molecule has 7 atom stereocenters. The van der Waals surface area contributed by atoms with E-state index in [1.54, 1.807) is 12.1 Å². The molecule has 4 heterocycles. The van der Waals surface area contributed by atoms with Gasteiger partial charge >= 0.3 is 0 Å². The number of nitrogens with one attached hydrogen (secondary N) is 2. The van der Waals surface area contributed by atoms with Crippen molar-refractivity contribution in [3.05, 3.63) is 35.0 Å². The van der Waals surface area contributed by atoms with Crippen LogP contribution in [0.1, 0.15) is 38.5 Å². The fraction of sp³-hybridized carbons (Fsp3) is 0.567. The highest BCUT2D eigenvalue weighted by atomic mass is 32.2. The van der Waals surface area contributed by atoms with Gasteiger partial charge in [-0.05, 0) is 18.4 Å². The van der Waals surface area contributed by atoms with Crippen molar-refractivity contribution in [3.8, 4) is 0 Å². The zero-order valence-electron chi connectivity index (χ0n) is 31.8. The fourth-order valence-electron chi connectivity index (χ4n) is 5.47. The molecule has 3 aromatic rings. The van der Waals surface area contributed by atoms with E-state index in [1.807, 2.05) is 5.38 Å². The minimum atomic E-state index is -5.95. The van der Waals surface area contributed by atoms with E-state index in [2.05, 4.69) is 43.5 Å². The van der Waals surface area contributed by atoms with Gasteiger partial charge in [-0.2, -0.15) is 0 Å². The van der Waals surface area contributed by atoms with Gasteiger partial charge in [0.1, 0.15) is 42.0 Å². The third kappa shape index (κ3) is 14.0. The number of aliphatic hydroxyl groups excluding tert-OH is 2. The molecule has 2 amide bonds. The van der Waals surface area contributed by atoms with Gasteiger partial charge in [0.05, 0.1) is 33.8 Å². The van der Waals surface area contributed by atoms with Gasteiger partial charge in [0, 0.05) is 42.0 Å². The van der Waals surface area contributed by atoms with Crippen LogP contribution in [0.4, 0.5) is 5.82 Å². The van der Waals surface area contributed by atoms with Crippen LogP contribution in [-0.4, -0.2) is 109 Å². The number of carbonyl (C=O) groups excluding carboxylic acids is 4. The average molecular weight is 944 g/mol. The van der Waals surface area contributed by atoms with Crippen LogP contribution in [0.15, 0.2) is 30.2 Å². The molecule has 3 aromatic heterocycles. The summed E-state index contributed by atoms with van der Waals surface area (Å²) in [5.74, 6) is -1.69. The molecule has 1 aliphatic rings. The molecule has 6 N–H and O–H groups in total. The molecule has 1 fully saturated rings. The van der Waals surface area contributed by atoms with E-state index >= 15 is 0 Å². The Bertz CT molecular complexity index is 2160. The molecule has 0 bridgehead atoms. The molecule has 334 valence electrons. The summed E-state index contributed by atoms with van der Waals surface area (Å²) >= 11 is 2.29. The van der Waals surface area contributed by atoms with E-state index in [1.165, 1.54) is 32.1 Å². The second-order valence-electron chi connectivity index (χ2n) is 13.7. The van der Waals surface area contributed by atoms with E-state index < -0.39 is 84.1 Å². The van der Waals surface area contributed by atoms with Crippen LogP contribution in [0.3, 0.4) is 0 Å². The maximum Gasteiger partial charge on any atom is 0.274 e. The summed E-state index contributed by atoms with van der Waals surface area (Å²) in [5, 5.41) is 27.9. The van der Waals surface area contributed by atoms with Crippen molar-refractivity contribution in [1.29, 1.82) is 0 Å². The number of ketones is 1. The molecule has 0 saturated carbocycles. The summed E-state index contributed by atoms with van der Waals surface area (Å²) in [4.78, 5) is 110. The van der Waals surface area contributed by atoms with Crippen LogP contribution in [0.25, 0.3) is 11.2 Å². The van der Waals surface area contributed by atoms with E-state index in [-0.39, 0.29) is 66.0 Å². The summed E-state index contributed by atoms with van der Waals surface area (Å²) in [5.41, 5.74) is 1.97. The van der Waals surface area contributed by atoms with E-state index in [0.717, 1.165) is 33.9 Å². The van der Waals surface area contributed by atoms with Crippen molar-refractivity contribution in [3.63, 3.8) is 0 Å². The summed E-state index contributed by atoms with van der Waals surface area (Å²) in [7, 11) is -17.7. The van der Waals surface area contributed by atoms with E-state index in [4.69, 9.17) is 10.5 Å². The normalized spacial score (nSPS) is 22.2. The van der Waals surface area contributed by atoms with Gasteiger partial charge < -0.3 is 69.0 Å². The largest absolute Gasteiger partial charge is 0.790 e. The van der Waals surface area contributed by atoms with Crippen molar-refractivity contribution >= 4 is 86.3 Å². The molecule has 7 unspecified atom stereocenters. The second kappa shape index (κ2) is 20.4. The molecule has 0 radical (unpaired) electrons. The lowest BCUT2D eigenvalue weighted by Crippen LogP contribution is -2.46. The zero-order valence-corrected chi connectivity index (χ0v) is 36.1. The Morgan fingerprint density at radius 2 is 1.80 bits per heavy atom. The Kier molecular flexibility index (Phi) is 16.9. The highest BCUT2D eigenvalue weighted by Gasteiger charge is 2.55. The maximum absolute atomic E-state index is 12.6. The van der Waals surface area contributed by atoms with Crippen LogP contribution >= 0.6 is 46.6 Å². The molecule has 0 aliphatic carbocycles. The molecule has 0 spiro atoms. The lowest BCUT2D eigenvalue weighted by Gasteiger charge is -2.36. The number of fused-ring (bicyclic) bond motifs is 1. The molecule has 4 rings (SSSR count). The number of rotatable bonds is 23. The van der Waals surface area contributed by atoms with E-state index in [9.17, 15) is 62.7 Å². The van der Waals surface area contributed by atoms with Crippen LogP contribution < -0.4 is 35.9 Å². The van der Waals surface area contributed by atoms with Crippen LogP contribution in [0.5, 0.6) is 0 Å². The highest BCUT2D eigenvalue weighted by molar-refractivity contribution is 8.13. The van der Waals surface area contributed by atoms with Gasteiger partial charge in [-0.3, -0.25) is 32.9 Å². The predicted molar refractivity (Wildman–Crippen MR) is 200 cm³/mol. The third-order valence-corrected chi connectivity index (χ3v) is 13.3. The van der Waals surface area contributed by atoms with Gasteiger partial charge in [-0.1, -0.05) is 31.7 Å². The lowest BCUT2D eigenvalue weighted by atomic mass is 9.87. The number of ether oxygens (including phenoxy) is 1. The number of hydrogen-bond donors (Lipinski definition) is 5. The SMILES string of the molecule is CC(C)(COP(=O)([O-])OP(=O)([O-])OCC1OC(C)(n2cnc3c(N)ncnc32)C(O)C1OP(=O)([O-])[O-])C(O)C(=O)NCCC(=O)NCCSC(=O)CC(=O)Cc1cccs1. The molecule has 1 aliphatic heterocycles. The number of thiophene rings is 1. The maximum atomic E-state index is 12.6. The number of Topliss-reactive ketones (excluding diaryl/α,β-unsaturated/α-hetero) is 1. The Hall–Kier alpha value is -3.07. The first kappa shape index (κ1) is 49.6. The van der Waals surface area contributed by atoms with Crippen molar-refractivity contribution in [2.45, 2.75) is 70.2 Å². The Labute approximate surface area is 349 Å². The quantitative estimate of drug-likeness (QED) is 0.0375. The number of thioether (sulfide) groups is 1. The first-order valence-electron chi connectivity index (χ1n) is 17.4. The minimum absolute atomic E-state index is 0.0282. The van der Waals surface area contributed by atoms with Crippen molar-refractivity contribution < 1.29 is 85.3 Å². The van der Waals surface area contributed by atoms with Gasteiger partial charge in [-0.15, -0.1) is 11.3 Å². The smallest absolute Gasteiger partial charge is 0.274 e. The van der Waals surface area contributed by atoms with Gasteiger partial charge in [0.15, 0.2) is 22.3 Å². The first-order chi connectivity index (χ1) is 27.8. The highest BCUT2D eigenvalue weighted by Crippen LogP contribution is 2.56. The molecule has 0 aromatic carbocycles. The molecule has 30 heteroatoms. The topological polar surface area (TPSA) is 392 Å². The van der Waals surface area contributed by atoms with Gasteiger partial charge in [0.25, 0.3) is 15.6 Å². The van der Waals surface area contributed by atoms with Crippen LogP contribution in [0, 0.1) is 5.41 Å². The third-order valence-electron chi connectivity index (χ3n) is 8.52. The van der Waals surface area contributed by atoms with Crippen LogP contribution in [-0.2, 0) is 67.6 Å². The number of hydrogen-bond acceptors (Lipinski definition) is 24. The number of amides is 2. The van der Waals surface area contributed by atoms with Crippen LogP contribution in [0.2, 0.25) is 0 Å². The number of carbonyl (C=O) groups is 4. The van der Waals surface area contributed by atoms with Crippen molar-refractivity contribution in [1.82, 2.24) is 30.2 Å². The first-order valence-corrected chi connectivity index (χ1v) is 23.6. The summed E-state index contributed by atoms with van der Waals surface area (Å²) in [6, 6.07) is 3.59. The Morgan fingerprint density at radius 1 is 1.10 bits per heavy atom. The molecule has 1 saturated heterocycles. The summed E-state index contributed by atoms with van der Waals surface area (Å²) < 4.78 is 61.1. The number of phosphoric ester groups is 3. The predicted octanol–water partition coefficient (Wildman–Crippen LogP) is -2.43. The lowest BCUT2D eigenvalue weighted by molar-refractivity contribution is -0.347. The number of nitrogens with zero attached hydrogens (tertiary/aromatic N) is 4. The molecule has 25 nitrogen and oxygen atoms in total. The minimum Gasteiger partial charge on any atom is -0.790 e. The van der Waals surface area contributed by atoms with Gasteiger partial charge in [-0.25, -0.2) is 19.3 Å². The molecular formula is C30H40N7O18P3S2-4. The number of aliphatic hydroxyl groups is 2. The number of phosphoric acid groups is 3. The van der Waals surface area contributed by atoms with Crippen molar-refractivity contribution in [2.24, 2.45) is 5.41 Å². The molecule has 60 heavy (non-hydrogen) atoms. The number of anilines is 1. The Balaban J connectivity index is 1.21. The van der Waals surface area contributed by atoms with Crippen molar-refractivity contribution in [2.75, 3.05) is 37.8 Å². The fourth-order valence-corrected chi connectivity index (χ4v) is 9.62. The zero-order chi connectivity index (χ0) is 44.7. The van der Waals surface area contributed by atoms with Gasteiger partial charge in [0.2, 0.25) is 11.8 Å². The standard InChI is InChI=1S/C30H44N7O18P3S2/c1-29(2,25(42)28(43)33-7-6-20(39)32-8-10-60-21(40)12-17(38)11-18-5-4-9-59-18)14-52-58(49,50)55-57(47,48)51-13-19-23(54-56(44,45)46)24(41)30(3,53-19)37-16-36-22-26(31)34-15-35-27(22)37/h4-5,9,15-16,19,23-25,41-42H,6-8,10-14H2,1-3H3,(H,32,39)(H,33,43)(H,47,48)(H,49,50)(H2,31,34,35)(H2,44,45,46)/p-4. The number of aromatic nitrogens is 4. The Morgan fingerprint density at radius 3 is 2.47 bits per heavy atom. The summed E-state index contributed by atoms with van der Waals surface area (Å²) in [6.45, 7) is 1.03. The number of nitrogens with two attached hydrogens (primary N) is 1. The number of nitrogen functional groups attached to an aromatic ring is 1. The summed E-state index contributed by atoms with van der Waals surface area (Å²) in [6.07, 6.45) is -6.29. The van der Waals surface area contributed by atoms with E-state index in [0.29, 0.717) is 0 Å². The number of imidazole rings is 1.